The van der Waals surface area contributed by atoms with Crippen molar-refractivity contribution >= 4 is 0 Å². The van der Waals surface area contributed by atoms with Crippen LogP contribution in [0, 0.1) is 5.92 Å². The molecule has 1 aliphatic heterocycles. The van der Waals surface area contributed by atoms with E-state index in [1.54, 1.807) is 0 Å². The molecule has 0 aromatic carbocycles. The zero-order valence-electron chi connectivity index (χ0n) is 12.9. The van der Waals surface area contributed by atoms with Crippen LogP contribution in [0.2, 0.25) is 0 Å². The number of nitrogens with one attached hydrogen (secondary N) is 1. The molecular weight excluding hydrogens is 220 g/mol. The van der Waals surface area contributed by atoms with Gasteiger partial charge in [-0.2, -0.15) is 0 Å². The second-order valence-electron chi connectivity index (χ2n) is 6.35. The molecule has 0 bridgehead atoms. The smallest absolute Gasteiger partial charge is 0.0197 e. The summed E-state index contributed by atoms with van der Waals surface area (Å²) in [5.74, 6) is 0.812. The summed E-state index contributed by atoms with van der Waals surface area (Å²) < 4.78 is 0. The van der Waals surface area contributed by atoms with Crippen molar-refractivity contribution in [3.8, 4) is 0 Å². The summed E-state index contributed by atoms with van der Waals surface area (Å²) in [5.41, 5.74) is 0. The van der Waals surface area contributed by atoms with Crippen LogP contribution in [-0.4, -0.2) is 37.1 Å². The van der Waals surface area contributed by atoms with Crippen molar-refractivity contribution in [1.82, 2.24) is 10.2 Å². The minimum Gasteiger partial charge on any atom is -0.313 e. The molecule has 0 amide bonds. The van der Waals surface area contributed by atoms with Crippen LogP contribution in [0.1, 0.15) is 65.7 Å². The molecule has 1 N–H and O–H groups in total. The van der Waals surface area contributed by atoms with Crippen LogP contribution in [0.5, 0.6) is 0 Å². The predicted octanol–water partition coefficient (Wildman–Crippen LogP) is 3.67. The Morgan fingerprint density at radius 2 is 1.94 bits per heavy atom. The lowest BCUT2D eigenvalue weighted by Gasteiger charge is -2.25. The van der Waals surface area contributed by atoms with Gasteiger partial charge >= 0.3 is 0 Å². The Hall–Kier alpha value is -0.0800. The van der Waals surface area contributed by atoms with E-state index in [2.05, 4.69) is 31.0 Å². The third kappa shape index (κ3) is 7.38. The number of nitrogens with zero attached hydrogens (tertiary/aromatic N) is 1. The van der Waals surface area contributed by atoms with E-state index in [1.165, 1.54) is 71.1 Å². The summed E-state index contributed by atoms with van der Waals surface area (Å²) in [6, 6.07) is 0.725. The fourth-order valence-electron chi connectivity index (χ4n) is 2.95. The van der Waals surface area contributed by atoms with E-state index >= 15 is 0 Å². The van der Waals surface area contributed by atoms with Gasteiger partial charge < -0.3 is 10.2 Å². The van der Waals surface area contributed by atoms with E-state index in [4.69, 9.17) is 0 Å². The summed E-state index contributed by atoms with van der Waals surface area (Å²) in [6.45, 7) is 12.1. The van der Waals surface area contributed by atoms with Crippen molar-refractivity contribution in [2.75, 3.05) is 26.2 Å². The molecule has 1 atom stereocenters. The van der Waals surface area contributed by atoms with Crippen LogP contribution in [0.4, 0.5) is 0 Å². The molecular formula is C16H34N2. The first kappa shape index (κ1) is 16.0. The highest BCUT2D eigenvalue weighted by atomic mass is 15.2. The highest BCUT2D eigenvalue weighted by Crippen LogP contribution is 2.11. The topological polar surface area (TPSA) is 15.3 Å². The first-order valence-corrected chi connectivity index (χ1v) is 8.18. The highest BCUT2D eigenvalue weighted by molar-refractivity contribution is 4.77. The van der Waals surface area contributed by atoms with Crippen LogP contribution >= 0.6 is 0 Å². The lowest BCUT2D eigenvalue weighted by atomic mass is 10.0. The second-order valence-corrected chi connectivity index (χ2v) is 6.35. The molecule has 1 saturated heterocycles. The Morgan fingerprint density at radius 3 is 2.67 bits per heavy atom. The number of hydrogen-bond donors (Lipinski definition) is 1. The normalized spacial score (nSPS) is 22.3. The van der Waals surface area contributed by atoms with Crippen molar-refractivity contribution < 1.29 is 0 Å². The van der Waals surface area contributed by atoms with Gasteiger partial charge in [-0.3, -0.25) is 0 Å². The molecule has 1 unspecified atom stereocenters. The van der Waals surface area contributed by atoms with Crippen molar-refractivity contribution in [1.29, 1.82) is 0 Å². The molecule has 18 heavy (non-hydrogen) atoms. The minimum absolute atomic E-state index is 0.725. The van der Waals surface area contributed by atoms with Crippen molar-refractivity contribution in [3.63, 3.8) is 0 Å². The summed E-state index contributed by atoms with van der Waals surface area (Å²) in [6.07, 6.45) is 9.66. The third-order valence-electron chi connectivity index (χ3n) is 3.90. The fourth-order valence-corrected chi connectivity index (χ4v) is 2.95. The van der Waals surface area contributed by atoms with Crippen LogP contribution in [0.3, 0.4) is 0 Å². The predicted molar refractivity (Wildman–Crippen MR) is 81.1 cm³/mol. The first-order chi connectivity index (χ1) is 8.72. The van der Waals surface area contributed by atoms with Crippen molar-refractivity contribution in [2.45, 2.75) is 71.8 Å². The van der Waals surface area contributed by atoms with Gasteiger partial charge in [0.05, 0.1) is 0 Å². The number of rotatable bonds is 8. The molecule has 0 saturated carbocycles. The van der Waals surface area contributed by atoms with E-state index in [1.807, 2.05) is 0 Å². The molecule has 0 aromatic heterocycles. The van der Waals surface area contributed by atoms with Crippen LogP contribution in [-0.2, 0) is 0 Å². The molecule has 2 nitrogen and oxygen atoms in total. The van der Waals surface area contributed by atoms with Gasteiger partial charge in [0.15, 0.2) is 0 Å². The Labute approximate surface area is 115 Å². The van der Waals surface area contributed by atoms with Gasteiger partial charge in [0.2, 0.25) is 0 Å². The summed E-state index contributed by atoms with van der Waals surface area (Å²) in [7, 11) is 0. The van der Waals surface area contributed by atoms with Gasteiger partial charge in [-0.05, 0) is 44.8 Å². The van der Waals surface area contributed by atoms with E-state index in [9.17, 15) is 0 Å². The second kappa shape index (κ2) is 9.80. The number of hydrogen-bond acceptors (Lipinski definition) is 2. The van der Waals surface area contributed by atoms with Crippen LogP contribution in [0.25, 0.3) is 0 Å². The molecule has 1 heterocycles. The molecule has 1 fully saturated rings. The zero-order chi connectivity index (χ0) is 13.2. The molecule has 1 rings (SSSR count). The lowest BCUT2D eigenvalue weighted by molar-refractivity contribution is 0.250. The average Bonchev–Trinajstić information content (AvgIpc) is 2.53. The van der Waals surface area contributed by atoms with Crippen LogP contribution in [0.15, 0.2) is 0 Å². The molecule has 2 heteroatoms. The van der Waals surface area contributed by atoms with Gasteiger partial charge in [-0.1, -0.05) is 46.5 Å². The van der Waals surface area contributed by atoms with Gasteiger partial charge in [-0.25, -0.2) is 0 Å². The SMILES string of the molecule is CCCCCCCN1CCCNC(CC(C)C)C1. The third-order valence-corrected chi connectivity index (χ3v) is 3.90. The zero-order valence-corrected chi connectivity index (χ0v) is 12.9. The van der Waals surface area contributed by atoms with Crippen LogP contribution < -0.4 is 5.32 Å². The maximum absolute atomic E-state index is 3.71. The Bertz CT molecular complexity index is 192. The summed E-state index contributed by atoms with van der Waals surface area (Å²) in [5, 5.41) is 3.71. The van der Waals surface area contributed by atoms with Gasteiger partial charge in [0, 0.05) is 12.6 Å². The molecule has 0 spiro atoms. The first-order valence-electron chi connectivity index (χ1n) is 8.18. The molecule has 1 aliphatic rings. The largest absolute Gasteiger partial charge is 0.313 e. The van der Waals surface area contributed by atoms with E-state index < -0.39 is 0 Å². The van der Waals surface area contributed by atoms with Gasteiger partial charge in [-0.15, -0.1) is 0 Å². The van der Waals surface area contributed by atoms with E-state index in [0.717, 1.165) is 12.0 Å². The minimum atomic E-state index is 0.725. The molecule has 0 aliphatic carbocycles. The lowest BCUT2D eigenvalue weighted by Crippen LogP contribution is -2.38. The molecule has 108 valence electrons. The molecule has 0 aromatic rings. The standard InChI is InChI=1S/C16H34N2/c1-4-5-6-7-8-11-18-12-9-10-17-16(14-18)13-15(2)3/h15-17H,4-14H2,1-3H3. The monoisotopic (exact) mass is 254 g/mol. The van der Waals surface area contributed by atoms with Crippen molar-refractivity contribution in [3.05, 3.63) is 0 Å². The fraction of sp³-hybridized carbons (Fsp3) is 1.00. The quantitative estimate of drug-likeness (QED) is 0.665. The Morgan fingerprint density at radius 1 is 1.17 bits per heavy atom. The average molecular weight is 254 g/mol. The summed E-state index contributed by atoms with van der Waals surface area (Å²) >= 11 is 0. The van der Waals surface area contributed by atoms with E-state index in [0.29, 0.717) is 0 Å². The Kier molecular flexibility index (Phi) is 8.70. The highest BCUT2D eigenvalue weighted by Gasteiger charge is 2.17. The van der Waals surface area contributed by atoms with Gasteiger partial charge in [0.25, 0.3) is 0 Å². The van der Waals surface area contributed by atoms with Gasteiger partial charge in [0.1, 0.15) is 0 Å². The van der Waals surface area contributed by atoms with E-state index in [-0.39, 0.29) is 0 Å². The van der Waals surface area contributed by atoms with Crippen molar-refractivity contribution in [2.24, 2.45) is 5.92 Å². The molecule has 0 radical (unpaired) electrons. The maximum atomic E-state index is 3.71. The maximum Gasteiger partial charge on any atom is 0.0197 e. The summed E-state index contributed by atoms with van der Waals surface area (Å²) in [4.78, 5) is 2.69. The number of unbranched alkanes of at least 4 members (excludes halogenated alkanes) is 4. The Balaban J connectivity index is 2.17.